The van der Waals surface area contributed by atoms with Crippen molar-refractivity contribution >= 4 is 6.09 Å². The van der Waals surface area contributed by atoms with E-state index in [2.05, 4.69) is 26.7 Å². The van der Waals surface area contributed by atoms with Gasteiger partial charge < -0.3 is 15.7 Å². The second-order valence-corrected chi connectivity index (χ2v) is 6.49. The molecule has 0 aliphatic heterocycles. The number of carboxylic acid groups (broad SMARTS) is 1. The Hall–Kier alpha value is -3.76. The van der Waals surface area contributed by atoms with E-state index in [1.807, 2.05) is 54.9 Å². The first kappa shape index (κ1) is 20.0. The third-order valence-corrected chi connectivity index (χ3v) is 4.76. The number of pyridine rings is 2. The van der Waals surface area contributed by atoms with Crippen molar-refractivity contribution in [2.75, 3.05) is 19.6 Å². The molecule has 0 saturated heterocycles. The average Bonchev–Trinajstić information content (AvgIpc) is 2.77. The quantitative estimate of drug-likeness (QED) is 0.512. The molecule has 0 fully saturated rings. The fourth-order valence-electron chi connectivity index (χ4n) is 3.42. The van der Waals surface area contributed by atoms with E-state index < -0.39 is 11.5 Å². The number of hydrogen-bond acceptors (Lipinski definition) is 5. The first-order valence-corrected chi connectivity index (χ1v) is 9.16. The Morgan fingerprint density at radius 1 is 1.00 bits per heavy atom. The van der Waals surface area contributed by atoms with Gasteiger partial charge in [-0.1, -0.05) is 24.3 Å². The van der Waals surface area contributed by atoms with E-state index in [-0.39, 0.29) is 6.54 Å². The molecule has 0 aliphatic carbocycles. The third kappa shape index (κ3) is 4.57. The summed E-state index contributed by atoms with van der Waals surface area (Å²) in [5.41, 5.74) is 2.73. The number of nitrogens with one attached hydrogen (secondary N) is 2. The molecule has 2 aromatic heterocycles. The van der Waals surface area contributed by atoms with E-state index in [0.717, 1.165) is 16.7 Å². The lowest BCUT2D eigenvalue weighted by molar-refractivity contribution is 0.194. The fourth-order valence-corrected chi connectivity index (χ4v) is 3.42. The highest BCUT2D eigenvalue weighted by Crippen LogP contribution is 2.38. The Labute approximate surface area is 169 Å². The zero-order chi connectivity index (χ0) is 20.5. The van der Waals surface area contributed by atoms with E-state index in [1.54, 1.807) is 18.5 Å². The zero-order valence-electron chi connectivity index (χ0n) is 15.7. The van der Waals surface area contributed by atoms with Crippen LogP contribution in [-0.4, -0.2) is 40.8 Å². The van der Waals surface area contributed by atoms with Crippen LogP contribution in [-0.2, 0) is 5.41 Å². The molecule has 7 heteroatoms. The molecule has 0 aliphatic rings. The van der Waals surface area contributed by atoms with Gasteiger partial charge in [-0.25, -0.2) is 4.79 Å². The van der Waals surface area contributed by atoms with Gasteiger partial charge >= 0.3 is 6.09 Å². The lowest BCUT2D eigenvalue weighted by atomic mass is 9.70. The van der Waals surface area contributed by atoms with Crippen molar-refractivity contribution < 1.29 is 9.90 Å². The van der Waals surface area contributed by atoms with Gasteiger partial charge in [0.15, 0.2) is 0 Å². The molecule has 0 spiro atoms. The number of nitriles is 1. The van der Waals surface area contributed by atoms with Crippen molar-refractivity contribution in [3.8, 4) is 6.07 Å². The Balaban J connectivity index is 2.09. The third-order valence-electron chi connectivity index (χ3n) is 4.76. The van der Waals surface area contributed by atoms with Gasteiger partial charge in [0.1, 0.15) is 0 Å². The molecule has 146 valence electrons. The largest absolute Gasteiger partial charge is 0.465 e. The minimum Gasteiger partial charge on any atom is -0.465 e. The van der Waals surface area contributed by atoms with Gasteiger partial charge in [0, 0.05) is 44.4 Å². The summed E-state index contributed by atoms with van der Waals surface area (Å²) >= 11 is 0. The van der Waals surface area contributed by atoms with Crippen LogP contribution in [0.5, 0.6) is 0 Å². The molecule has 29 heavy (non-hydrogen) atoms. The Morgan fingerprint density at radius 3 is 2.21 bits per heavy atom. The number of rotatable bonds is 8. The summed E-state index contributed by atoms with van der Waals surface area (Å²) in [4.78, 5) is 19.3. The van der Waals surface area contributed by atoms with E-state index in [9.17, 15) is 10.1 Å². The zero-order valence-corrected chi connectivity index (χ0v) is 15.7. The maximum atomic E-state index is 10.7. The van der Waals surface area contributed by atoms with Crippen LogP contribution < -0.4 is 10.6 Å². The maximum absolute atomic E-state index is 10.7. The van der Waals surface area contributed by atoms with Crippen LogP contribution in [0.1, 0.15) is 22.3 Å². The smallest absolute Gasteiger partial charge is 0.404 e. The molecule has 3 rings (SSSR count). The monoisotopic (exact) mass is 387 g/mol. The minimum absolute atomic E-state index is 0.281. The highest BCUT2D eigenvalue weighted by atomic mass is 16.4. The van der Waals surface area contributed by atoms with Crippen LogP contribution in [0, 0.1) is 11.3 Å². The topological polar surface area (TPSA) is 111 Å². The van der Waals surface area contributed by atoms with Crippen LogP contribution in [0.15, 0.2) is 73.3 Å². The number of aromatic nitrogens is 2. The lowest BCUT2D eigenvalue weighted by Gasteiger charge is -2.35. The van der Waals surface area contributed by atoms with Crippen LogP contribution in [0.25, 0.3) is 0 Å². The van der Waals surface area contributed by atoms with Gasteiger partial charge in [-0.05, 0) is 41.0 Å². The van der Waals surface area contributed by atoms with Gasteiger partial charge in [0.2, 0.25) is 0 Å². The number of amides is 1. The van der Waals surface area contributed by atoms with Crippen molar-refractivity contribution in [2.45, 2.75) is 5.41 Å². The molecule has 7 nitrogen and oxygen atoms in total. The second kappa shape index (κ2) is 9.44. The van der Waals surface area contributed by atoms with Gasteiger partial charge in [0.05, 0.1) is 17.0 Å². The molecule has 2 heterocycles. The fraction of sp³-hybridized carbons (Fsp3) is 0.182. The molecular weight excluding hydrogens is 366 g/mol. The Bertz CT molecular complexity index is 947. The molecule has 3 N–H and O–H groups in total. The van der Waals surface area contributed by atoms with E-state index in [4.69, 9.17) is 5.11 Å². The number of carbonyl (C=O) groups is 1. The van der Waals surface area contributed by atoms with Gasteiger partial charge in [-0.2, -0.15) is 5.26 Å². The molecule has 3 aromatic rings. The second-order valence-electron chi connectivity index (χ2n) is 6.49. The van der Waals surface area contributed by atoms with Gasteiger partial charge in [0.25, 0.3) is 0 Å². The van der Waals surface area contributed by atoms with Crippen LogP contribution in [0.2, 0.25) is 0 Å². The summed E-state index contributed by atoms with van der Waals surface area (Å²) in [5.74, 6) is 0. The summed E-state index contributed by atoms with van der Waals surface area (Å²) in [5, 5.41) is 23.9. The minimum atomic E-state index is -1.06. The normalized spacial score (nSPS) is 10.9. The summed E-state index contributed by atoms with van der Waals surface area (Å²) in [6.07, 6.45) is 5.99. The lowest BCUT2D eigenvalue weighted by Crippen LogP contribution is -2.43. The van der Waals surface area contributed by atoms with Crippen molar-refractivity contribution in [2.24, 2.45) is 0 Å². The first-order valence-electron chi connectivity index (χ1n) is 9.16. The van der Waals surface area contributed by atoms with Crippen molar-refractivity contribution in [3.63, 3.8) is 0 Å². The summed E-state index contributed by atoms with van der Waals surface area (Å²) < 4.78 is 0. The predicted octanol–water partition coefficient (Wildman–Crippen LogP) is 2.54. The maximum Gasteiger partial charge on any atom is 0.404 e. The van der Waals surface area contributed by atoms with Crippen molar-refractivity contribution in [1.82, 2.24) is 20.6 Å². The molecule has 0 unspecified atom stereocenters. The molecule has 0 radical (unpaired) electrons. The van der Waals surface area contributed by atoms with Gasteiger partial charge in [-0.15, -0.1) is 0 Å². The van der Waals surface area contributed by atoms with E-state index >= 15 is 0 Å². The number of benzene rings is 1. The Morgan fingerprint density at radius 2 is 1.66 bits per heavy atom. The standard InChI is InChI=1S/C22H21N5O2/c23-13-17-4-1-5-18(12-17)22(19-6-2-8-24-14-19,20-7-3-9-25-15-20)16-26-10-11-27-21(28)29/h1-9,12,14-15,26-27H,10-11,16H2,(H,28,29). The van der Waals surface area contributed by atoms with Crippen LogP contribution >= 0.6 is 0 Å². The van der Waals surface area contributed by atoms with E-state index in [0.29, 0.717) is 18.7 Å². The molecular formula is C22H21N5O2. The first-order chi connectivity index (χ1) is 14.2. The highest BCUT2D eigenvalue weighted by Gasteiger charge is 2.36. The van der Waals surface area contributed by atoms with E-state index in [1.165, 1.54) is 0 Å². The SMILES string of the molecule is N#Cc1cccc(C(CNCCNC(=O)O)(c2cccnc2)c2cccnc2)c1. The summed E-state index contributed by atoms with van der Waals surface area (Å²) in [7, 11) is 0. The summed E-state index contributed by atoms with van der Waals surface area (Å²) in [6, 6.07) is 17.4. The molecule has 0 saturated carbocycles. The van der Waals surface area contributed by atoms with Gasteiger partial charge in [-0.3, -0.25) is 9.97 Å². The average molecular weight is 387 g/mol. The molecule has 1 aromatic carbocycles. The number of nitrogens with zero attached hydrogens (tertiary/aromatic N) is 3. The highest BCUT2D eigenvalue weighted by molar-refractivity contribution is 5.64. The summed E-state index contributed by atoms with van der Waals surface area (Å²) in [6.45, 7) is 1.21. The molecule has 1 amide bonds. The van der Waals surface area contributed by atoms with Crippen LogP contribution in [0.4, 0.5) is 4.79 Å². The number of hydrogen-bond donors (Lipinski definition) is 3. The van der Waals surface area contributed by atoms with Crippen molar-refractivity contribution in [1.29, 1.82) is 5.26 Å². The van der Waals surface area contributed by atoms with Crippen molar-refractivity contribution in [3.05, 3.63) is 95.6 Å². The molecule has 0 atom stereocenters. The molecule has 0 bridgehead atoms. The van der Waals surface area contributed by atoms with Crippen LogP contribution in [0.3, 0.4) is 0 Å². The Kier molecular flexibility index (Phi) is 6.51. The predicted molar refractivity (Wildman–Crippen MR) is 108 cm³/mol.